The van der Waals surface area contributed by atoms with E-state index in [0.29, 0.717) is 0 Å². The van der Waals surface area contributed by atoms with Gasteiger partial charge in [-0.25, -0.2) is 0 Å². The first-order chi connectivity index (χ1) is 2.27. The smallest absolute Gasteiger partial charge is 1.00 e. The molecule has 0 spiro atoms. The van der Waals surface area contributed by atoms with Gasteiger partial charge in [0.1, 0.15) is 0 Å². The van der Waals surface area contributed by atoms with E-state index >= 15 is 0 Å². The normalized spacial score (nSPS) is 5.29. The number of halogens is 1. The quantitative estimate of drug-likeness (QED) is 0.365. The van der Waals surface area contributed by atoms with Crippen LogP contribution in [0, 0.1) is 0 Å². The van der Waals surface area contributed by atoms with E-state index in [4.69, 9.17) is 0 Å². The molecule has 4 heteroatoms. The van der Waals surface area contributed by atoms with Crippen molar-refractivity contribution in [2.24, 2.45) is 0 Å². The Morgan fingerprint density at radius 3 is 1.86 bits per heavy atom. The fraction of sp³-hybridized carbons (Fsp3) is 0.667. The second-order valence-corrected chi connectivity index (χ2v) is 0.726. The van der Waals surface area contributed by atoms with Crippen LogP contribution in [-0.2, 0) is 26.5 Å². The first kappa shape index (κ1) is 15.6. The zero-order valence-corrected chi connectivity index (χ0v) is 6.22. The molecular formula is C3H5ClO2Ti. The van der Waals surface area contributed by atoms with Crippen molar-refractivity contribution in [3.05, 3.63) is 0 Å². The molecule has 0 unspecified atom stereocenters. The second kappa shape index (κ2) is 9.69. The molecule has 0 bridgehead atoms. The first-order valence-corrected chi connectivity index (χ1v) is 1.47. The molecule has 0 aliphatic carbocycles. The summed E-state index contributed by atoms with van der Waals surface area (Å²) in [5, 5.41) is 9.26. The molecule has 0 aromatic rings. The average Bonchev–Trinajstić information content (AvgIpc) is 1.38. The van der Waals surface area contributed by atoms with Gasteiger partial charge in [0, 0.05) is 5.97 Å². The Morgan fingerprint density at radius 1 is 1.71 bits per heavy atom. The number of carboxylic acids is 1. The van der Waals surface area contributed by atoms with E-state index in [2.05, 4.69) is 0 Å². The van der Waals surface area contributed by atoms with Crippen LogP contribution in [0.2, 0.25) is 0 Å². The van der Waals surface area contributed by atoms with E-state index in [0.717, 1.165) is 0 Å². The number of aliphatic carboxylic acids is 1. The van der Waals surface area contributed by atoms with Crippen LogP contribution in [-0.4, -0.2) is 5.97 Å². The van der Waals surface area contributed by atoms with Crippen LogP contribution in [0.1, 0.15) is 13.3 Å². The predicted octanol–water partition coefficient (Wildman–Crippen LogP) is -3.85. The standard InChI is InChI=1S/C3H6O2.ClH.Ti/c1-2-3(4)5;;/h2H2,1H3,(H,4,5);1H;/q;;+2/p-2. The fourth-order valence-electron chi connectivity index (χ4n) is 0. The summed E-state index contributed by atoms with van der Waals surface area (Å²) in [5.41, 5.74) is 0. The molecule has 0 fully saturated rings. The average molecular weight is 156 g/mol. The monoisotopic (exact) mass is 156 g/mol. The number of hydrogen-bond acceptors (Lipinski definition) is 2. The molecule has 0 aromatic heterocycles. The van der Waals surface area contributed by atoms with E-state index in [1.807, 2.05) is 0 Å². The molecule has 0 aliphatic rings. The summed E-state index contributed by atoms with van der Waals surface area (Å²) in [6, 6.07) is 0. The van der Waals surface area contributed by atoms with Gasteiger partial charge in [-0.05, 0) is 6.42 Å². The van der Waals surface area contributed by atoms with Crippen LogP contribution in [0.15, 0.2) is 0 Å². The molecule has 7 heavy (non-hydrogen) atoms. The molecule has 40 valence electrons. The third kappa shape index (κ3) is 21.2. The van der Waals surface area contributed by atoms with Gasteiger partial charge in [-0.3, -0.25) is 0 Å². The molecule has 0 aromatic carbocycles. The Labute approximate surface area is 63.6 Å². The van der Waals surface area contributed by atoms with Crippen molar-refractivity contribution in [1.29, 1.82) is 0 Å². The van der Waals surface area contributed by atoms with Gasteiger partial charge >= 0.3 is 21.7 Å². The Kier molecular flexibility index (Phi) is 21.7. The summed E-state index contributed by atoms with van der Waals surface area (Å²) in [6.07, 6.45) is 0.111. The van der Waals surface area contributed by atoms with Crippen molar-refractivity contribution in [2.75, 3.05) is 0 Å². The van der Waals surface area contributed by atoms with Crippen molar-refractivity contribution >= 4 is 5.97 Å². The minimum absolute atomic E-state index is 0. The summed E-state index contributed by atoms with van der Waals surface area (Å²) >= 11 is 0. The Morgan fingerprint density at radius 2 is 1.86 bits per heavy atom. The first-order valence-electron chi connectivity index (χ1n) is 1.47. The van der Waals surface area contributed by atoms with Gasteiger partial charge in [0.15, 0.2) is 0 Å². The second-order valence-electron chi connectivity index (χ2n) is 0.726. The van der Waals surface area contributed by atoms with Gasteiger partial charge < -0.3 is 22.3 Å². The van der Waals surface area contributed by atoms with E-state index in [1.165, 1.54) is 6.92 Å². The van der Waals surface area contributed by atoms with Gasteiger partial charge in [-0.1, -0.05) is 6.92 Å². The molecule has 0 saturated heterocycles. The van der Waals surface area contributed by atoms with E-state index < -0.39 is 5.97 Å². The van der Waals surface area contributed by atoms with Gasteiger partial charge in [0.2, 0.25) is 0 Å². The minimum Gasteiger partial charge on any atom is -1.00 e. The van der Waals surface area contributed by atoms with Gasteiger partial charge in [0.05, 0.1) is 0 Å². The van der Waals surface area contributed by atoms with Crippen LogP contribution < -0.4 is 17.5 Å². The maximum absolute atomic E-state index is 9.26. The number of carbonyl (C=O) groups excluding carboxylic acids is 1. The van der Waals surface area contributed by atoms with Crippen molar-refractivity contribution < 1.29 is 44.0 Å². The third-order valence-corrected chi connectivity index (χ3v) is 0.289. The van der Waals surface area contributed by atoms with E-state index in [1.54, 1.807) is 0 Å². The fourth-order valence-corrected chi connectivity index (χ4v) is 0. The topological polar surface area (TPSA) is 40.1 Å². The Balaban J connectivity index is -0.0000000800. The van der Waals surface area contributed by atoms with Crippen LogP contribution in [0.4, 0.5) is 0 Å². The number of rotatable bonds is 1. The van der Waals surface area contributed by atoms with Gasteiger partial charge in [-0.2, -0.15) is 0 Å². The summed E-state index contributed by atoms with van der Waals surface area (Å²) in [5.74, 6) is -0.995. The van der Waals surface area contributed by atoms with Crippen LogP contribution >= 0.6 is 0 Å². The van der Waals surface area contributed by atoms with E-state index in [9.17, 15) is 9.90 Å². The van der Waals surface area contributed by atoms with Crippen molar-refractivity contribution in [3.63, 3.8) is 0 Å². The van der Waals surface area contributed by atoms with Gasteiger partial charge in [-0.15, -0.1) is 0 Å². The van der Waals surface area contributed by atoms with Crippen molar-refractivity contribution in [3.8, 4) is 0 Å². The van der Waals surface area contributed by atoms with Crippen LogP contribution in [0.5, 0.6) is 0 Å². The molecule has 0 heterocycles. The number of carboxylic acid groups (broad SMARTS) is 1. The third-order valence-electron chi connectivity index (χ3n) is 0.289. The molecule has 2 nitrogen and oxygen atoms in total. The zero-order valence-electron chi connectivity index (χ0n) is 3.90. The molecule has 0 rings (SSSR count). The number of carbonyl (C=O) groups is 1. The summed E-state index contributed by atoms with van der Waals surface area (Å²) in [4.78, 5) is 9.26. The molecule has 0 atom stereocenters. The van der Waals surface area contributed by atoms with Crippen molar-refractivity contribution in [1.82, 2.24) is 0 Å². The van der Waals surface area contributed by atoms with Gasteiger partial charge in [0.25, 0.3) is 0 Å². The molecule has 0 saturated carbocycles. The molecule has 0 N–H and O–H groups in total. The van der Waals surface area contributed by atoms with Crippen molar-refractivity contribution in [2.45, 2.75) is 13.3 Å². The molecule has 0 radical (unpaired) electrons. The summed E-state index contributed by atoms with van der Waals surface area (Å²) < 4.78 is 0. The summed E-state index contributed by atoms with van der Waals surface area (Å²) in [7, 11) is 0. The van der Waals surface area contributed by atoms with E-state index in [-0.39, 0.29) is 40.5 Å². The maximum Gasteiger partial charge on any atom is 2.00 e. The Hall–Kier alpha value is 0.474. The predicted molar refractivity (Wildman–Crippen MR) is 15.3 cm³/mol. The maximum atomic E-state index is 9.26. The molecule has 0 aliphatic heterocycles. The van der Waals surface area contributed by atoms with Crippen LogP contribution in [0.3, 0.4) is 0 Å². The number of hydrogen-bond donors (Lipinski definition) is 0. The zero-order chi connectivity index (χ0) is 4.28. The minimum atomic E-state index is -0.995. The summed E-state index contributed by atoms with van der Waals surface area (Å²) in [6.45, 7) is 1.54. The van der Waals surface area contributed by atoms with Crippen LogP contribution in [0.25, 0.3) is 0 Å². The SMILES string of the molecule is CCC(=O)[O-].[Cl-].[Ti+2]. The largest absolute Gasteiger partial charge is 2.00 e. The molecular weight excluding hydrogens is 151 g/mol. The Bertz CT molecular complexity index is 48.2. The molecule has 0 amide bonds.